The molecule has 8 nitrogen and oxygen atoms in total. The van der Waals surface area contributed by atoms with Crippen LogP contribution in [-0.2, 0) is 27.4 Å². The van der Waals surface area contributed by atoms with Crippen LogP contribution in [0.15, 0.2) is 66.7 Å². The van der Waals surface area contributed by atoms with Gasteiger partial charge in [-0.1, -0.05) is 42.5 Å². The summed E-state index contributed by atoms with van der Waals surface area (Å²) < 4.78 is 11.2. The third kappa shape index (κ3) is 7.66. The van der Waals surface area contributed by atoms with Crippen molar-refractivity contribution in [3.63, 3.8) is 0 Å². The highest BCUT2D eigenvalue weighted by molar-refractivity contribution is 5.96. The van der Waals surface area contributed by atoms with Crippen LogP contribution < -0.4 is 15.0 Å². The van der Waals surface area contributed by atoms with Gasteiger partial charge in [-0.25, -0.2) is 4.79 Å². The summed E-state index contributed by atoms with van der Waals surface area (Å²) in [5.41, 5.74) is 6.31. The summed E-state index contributed by atoms with van der Waals surface area (Å²) in [5.74, 6) is 0.683. The number of alkyl carbamates (subject to hydrolysis) is 1. The number of hydrogen-bond donors (Lipinski definition) is 2. The van der Waals surface area contributed by atoms with Crippen LogP contribution in [0, 0.1) is 0 Å². The second-order valence-corrected chi connectivity index (χ2v) is 10.6. The van der Waals surface area contributed by atoms with E-state index >= 15 is 0 Å². The Labute approximate surface area is 240 Å². The zero-order valence-corrected chi connectivity index (χ0v) is 23.1. The van der Waals surface area contributed by atoms with Crippen molar-refractivity contribution in [1.29, 1.82) is 0 Å². The number of anilines is 1. The average Bonchev–Trinajstić information content (AvgIpc) is 3.84. The molecular formula is C33H36N2O6. The molecule has 3 aromatic rings. The molecule has 3 aromatic carbocycles. The van der Waals surface area contributed by atoms with Crippen molar-refractivity contribution in [3.05, 3.63) is 83.4 Å². The van der Waals surface area contributed by atoms with E-state index in [-0.39, 0.29) is 25.5 Å². The molecule has 0 saturated heterocycles. The monoisotopic (exact) mass is 556 g/mol. The zero-order valence-electron chi connectivity index (χ0n) is 23.1. The van der Waals surface area contributed by atoms with Gasteiger partial charge in [0.1, 0.15) is 12.4 Å². The molecule has 8 heteroatoms. The van der Waals surface area contributed by atoms with E-state index in [9.17, 15) is 14.4 Å². The Balaban J connectivity index is 1.18. The normalized spacial score (nSPS) is 14.2. The lowest BCUT2D eigenvalue weighted by molar-refractivity contribution is -0.136. The summed E-state index contributed by atoms with van der Waals surface area (Å²) in [6.45, 7) is 1.29. The number of benzene rings is 3. The molecule has 0 unspecified atom stereocenters. The fourth-order valence-corrected chi connectivity index (χ4v) is 5.28. The summed E-state index contributed by atoms with van der Waals surface area (Å²) in [7, 11) is 0. The fraction of sp³-hybridized carbons (Fsp3) is 0.364. The predicted octanol–water partition coefficient (Wildman–Crippen LogP) is 6.07. The molecule has 1 aliphatic carbocycles. The third-order valence-corrected chi connectivity index (χ3v) is 7.48. The Bertz CT molecular complexity index is 1400. The Hall–Kier alpha value is -4.33. The minimum Gasteiger partial charge on any atom is -0.494 e. The number of fused-ring (bicyclic) bond motifs is 1. The van der Waals surface area contributed by atoms with Crippen molar-refractivity contribution in [2.45, 2.75) is 57.5 Å². The molecule has 1 aliphatic heterocycles. The number of ether oxygens (including phenoxy) is 2. The Morgan fingerprint density at radius 1 is 0.976 bits per heavy atom. The lowest BCUT2D eigenvalue weighted by atomic mass is 9.91. The maximum atomic E-state index is 13.3. The van der Waals surface area contributed by atoms with Gasteiger partial charge < -0.3 is 24.8 Å². The van der Waals surface area contributed by atoms with Gasteiger partial charge in [-0.05, 0) is 90.1 Å². The molecule has 5 rings (SSSR count). The first-order valence-corrected chi connectivity index (χ1v) is 14.3. The average molecular weight is 557 g/mol. The van der Waals surface area contributed by atoms with E-state index in [0.717, 1.165) is 46.5 Å². The van der Waals surface area contributed by atoms with E-state index in [0.29, 0.717) is 31.9 Å². The van der Waals surface area contributed by atoms with Gasteiger partial charge in [0.05, 0.1) is 13.0 Å². The smallest absolute Gasteiger partial charge is 0.407 e. The number of nitrogens with one attached hydrogen (secondary N) is 1. The Morgan fingerprint density at radius 2 is 1.80 bits per heavy atom. The number of carbonyl (C=O) groups excluding carboxylic acids is 2. The third-order valence-electron chi connectivity index (χ3n) is 7.48. The Morgan fingerprint density at radius 3 is 2.63 bits per heavy atom. The molecule has 1 heterocycles. The molecule has 0 bridgehead atoms. The second-order valence-electron chi connectivity index (χ2n) is 10.6. The highest BCUT2D eigenvalue weighted by Gasteiger charge is 2.25. The van der Waals surface area contributed by atoms with Crippen LogP contribution in [0.25, 0.3) is 11.1 Å². The van der Waals surface area contributed by atoms with E-state index in [1.165, 1.54) is 18.4 Å². The molecule has 0 atom stereocenters. The van der Waals surface area contributed by atoms with Crippen molar-refractivity contribution in [2.75, 3.05) is 24.6 Å². The maximum Gasteiger partial charge on any atom is 0.407 e. The van der Waals surface area contributed by atoms with E-state index in [1.54, 1.807) is 0 Å². The first-order chi connectivity index (χ1) is 20.0. The van der Waals surface area contributed by atoms with Gasteiger partial charge >= 0.3 is 12.1 Å². The summed E-state index contributed by atoms with van der Waals surface area (Å²) in [6, 6.07) is 22.2. The van der Waals surface area contributed by atoms with Crippen LogP contribution in [0.1, 0.15) is 61.1 Å². The summed E-state index contributed by atoms with van der Waals surface area (Å²) in [4.78, 5) is 37.7. The standard InChI is InChI=1S/C33H36N2O6/c36-31(13-5-19-40-27-9-2-7-25(21-27)24-14-15-24)35-18-4-11-29-28(10-3-12-30(29)35)26-8-1-6-23(20-26)22-41-33(39)34-17-16-32(37)38/h1-3,6-10,12,20-21,24H,4-5,11,13-19,22H2,(H,34,39)(H,37,38). The van der Waals surface area contributed by atoms with Crippen LogP contribution >= 0.6 is 0 Å². The molecule has 2 aliphatic rings. The van der Waals surface area contributed by atoms with Gasteiger partial charge in [0, 0.05) is 25.2 Å². The van der Waals surface area contributed by atoms with Crippen molar-refractivity contribution in [1.82, 2.24) is 5.32 Å². The van der Waals surface area contributed by atoms with Crippen LogP contribution in [0.5, 0.6) is 5.75 Å². The lowest BCUT2D eigenvalue weighted by Crippen LogP contribution is -2.35. The molecule has 1 saturated carbocycles. The topological polar surface area (TPSA) is 105 Å². The maximum absolute atomic E-state index is 13.3. The van der Waals surface area contributed by atoms with Gasteiger partial charge in [-0.3, -0.25) is 9.59 Å². The molecule has 2 amide bonds. The van der Waals surface area contributed by atoms with Crippen molar-refractivity contribution in [2.24, 2.45) is 0 Å². The van der Waals surface area contributed by atoms with Crippen LogP contribution in [-0.4, -0.2) is 42.8 Å². The fourth-order valence-electron chi connectivity index (χ4n) is 5.28. The number of carboxylic acids is 1. The van der Waals surface area contributed by atoms with E-state index in [4.69, 9.17) is 14.6 Å². The number of amides is 2. The van der Waals surface area contributed by atoms with Crippen LogP contribution in [0.3, 0.4) is 0 Å². The number of carbonyl (C=O) groups is 3. The summed E-state index contributed by atoms with van der Waals surface area (Å²) in [6.07, 6.45) is 4.55. The van der Waals surface area contributed by atoms with Gasteiger partial charge in [-0.2, -0.15) is 0 Å². The van der Waals surface area contributed by atoms with Crippen molar-refractivity contribution >= 4 is 23.7 Å². The predicted molar refractivity (Wildman–Crippen MR) is 156 cm³/mol. The van der Waals surface area contributed by atoms with E-state index in [1.807, 2.05) is 53.4 Å². The van der Waals surface area contributed by atoms with Crippen molar-refractivity contribution in [3.8, 4) is 16.9 Å². The lowest BCUT2D eigenvalue weighted by Gasteiger charge is -2.31. The van der Waals surface area contributed by atoms with E-state index < -0.39 is 12.1 Å². The highest BCUT2D eigenvalue weighted by atomic mass is 16.5. The van der Waals surface area contributed by atoms with Crippen molar-refractivity contribution < 1.29 is 29.0 Å². The second kappa shape index (κ2) is 13.4. The highest BCUT2D eigenvalue weighted by Crippen LogP contribution is 2.41. The zero-order chi connectivity index (χ0) is 28.6. The molecule has 214 valence electrons. The SMILES string of the molecule is O=C(O)CCNC(=O)OCc1cccc(-c2cccc3c2CCCN3C(=O)CCCOc2cccc(C3CC3)c2)c1. The minimum atomic E-state index is -0.983. The molecular weight excluding hydrogens is 520 g/mol. The first-order valence-electron chi connectivity index (χ1n) is 14.3. The number of aliphatic carboxylic acids is 1. The van der Waals surface area contributed by atoms with Gasteiger partial charge in [-0.15, -0.1) is 0 Å². The summed E-state index contributed by atoms with van der Waals surface area (Å²) >= 11 is 0. The Kier molecular flexibility index (Phi) is 9.19. The molecule has 0 aromatic heterocycles. The van der Waals surface area contributed by atoms with Gasteiger partial charge in [0.25, 0.3) is 0 Å². The largest absolute Gasteiger partial charge is 0.494 e. The number of nitrogens with zero attached hydrogens (tertiary/aromatic N) is 1. The van der Waals surface area contributed by atoms with Crippen LogP contribution in [0.2, 0.25) is 0 Å². The molecule has 0 radical (unpaired) electrons. The minimum absolute atomic E-state index is 0.0147. The van der Waals surface area contributed by atoms with Gasteiger partial charge in [0.15, 0.2) is 0 Å². The summed E-state index contributed by atoms with van der Waals surface area (Å²) in [5, 5.41) is 11.1. The number of carboxylic acid groups (broad SMARTS) is 1. The first kappa shape index (κ1) is 28.2. The quantitative estimate of drug-likeness (QED) is 0.262. The number of hydrogen-bond acceptors (Lipinski definition) is 5. The molecule has 1 fully saturated rings. The van der Waals surface area contributed by atoms with Gasteiger partial charge in [0.2, 0.25) is 5.91 Å². The molecule has 2 N–H and O–H groups in total. The van der Waals surface area contributed by atoms with Crippen LogP contribution in [0.4, 0.5) is 10.5 Å². The molecule has 41 heavy (non-hydrogen) atoms. The number of rotatable bonds is 12. The molecule has 0 spiro atoms. The van der Waals surface area contributed by atoms with E-state index in [2.05, 4.69) is 23.5 Å².